The zero-order valence-electron chi connectivity index (χ0n) is 13.1. The molecule has 2 heterocycles. The fourth-order valence-electron chi connectivity index (χ4n) is 3.56. The fourth-order valence-corrected chi connectivity index (χ4v) is 4.55. The van der Waals surface area contributed by atoms with Gasteiger partial charge in [0.15, 0.2) is 0 Å². The molecule has 114 valence electrons. The number of nitrogens with two attached hydrogens (primary N) is 1. The number of thiophene rings is 1. The molecule has 0 amide bonds. The van der Waals surface area contributed by atoms with Crippen LogP contribution in [-0.2, 0) is 0 Å². The average molecular weight is 304 g/mol. The van der Waals surface area contributed by atoms with Crippen molar-refractivity contribution in [2.24, 2.45) is 11.7 Å². The molecule has 3 rings (SSSR count). The number of anilines is 1. The molecule has 2 N–H and O–H groups in total. The molecule has 0 saturated heterocycles. The third-order valence-corrected chi connectivity index (χ3v) is 6.06. The molecule has 5 heteroatoms. The highest BCUT2D eigenvalue weighted by atomic mass is 32.1. The minimum Gasteiger partial charge on any atom is -0.356 e. The van der Waals surface area contributed by atoms with E-state index in [1.165, 1.54) is 41.5 Å². The molecular formula is C16H24N4S. The highest BCUT2D eigenvalue weighted by Gasteiger charge is 2.29. The van der Waals surface area contributed by atoms with E-state index in [9.17, 15) is 0 Å². The first-order valence-corrected chi connectivity index (χ1v) is 8.58. The van der Waals surface area contributed by atoms with Crippen molar-refractivity contribution in [1.29, 1.82) is 0 Å². The number of aromatic nitrogens is 2. The summed E-state index contributed by atoms with van der Waals surface area (Å²) in [5.41, 5.74) is 7.32. The highest BCUT2D eigenvalue weighted by molar-refractivity contribution is 7.18. The molecule has 1 fully saturated rings. The van der Waals surface area contributed by atoms with Gasteiger partial charge in [-0.05, 0) is 44.7 Å². The van der Waals surface area contributed by atoms with Crippen LogP contribution in [0.4, 0.5) is 5.82 Å². The maximum absolute atomic E-state index is 6.00. The van der Waals surface area contributed by atoms with Crippen molar-refractivity contribution in [2.45, 2.75) is 45.6 Å². The average Bonchev–Trinajstić information content (AvgIpc) is 2.81. The van der Waals surface area contributed by atoms with E-state index in [0.717, 1.165) is 17.2 Å². The highest BCUT2D eigenvalue weighted by Crippen LogP contribution is 2.37. The summed E-state index contributed by atoms with van der Waals surface area (Å²) in [4.78, 5) is 13.8. The maximum atomic E-state index is 6.00. The smallest absolute Gasteiger partial charge is 0.141 e. The van der Waals surface area contributed by atoms with Crippen molar-refractivity contribution in [3.8, 4) is 0 Å². The van der Waals surface area contributed by atoms with Gasteiger partial charge in [0.2, 0.25) is 0 Å². The van der Waals surface area contributed by atoms with E-state index < -0.39 is 0 Å². The number of rotatable bonds is 3. The molecule has 2 aromatic rings. The second-order valence-electron chi connectivity index (χ2n) is 6.12. The van der Waals surface area contributed by atoms with Gasteiger partial charge in [0.25, 0.3) is 0 Å². The fraction of sp³-hybridized carbons (Fsp3) is 0.625. The van der Waals surface area contributed by atoms with Gasteiger partial charge in [0, 0.05) is 18.0 Å². The Morgan fingerprint density at radius 1 is 1.29 bits per heavy atom. The van der Waals surface area contributed by atoms with Gasteiger partial charge < -0.3 is 10.6 Å². The second kappa shape index (κ2) is 5.89. The molecular weight excluding hydrogens is 280 g/mol. The van der Waals surface area contributed by atoms with Crippen molar-refractivity contribution in [1.82, 2.24) is 9.97 Å². The largest absolute Gasteiger partial charge is 0.356 e. The van der Waals surface area contributed by atoms with Gasteiger partial charge in [-0.15, -0.1) is 11.3 Å². The standard InChI is InChI=1S/C16H24N4S/c1-10-11(2)21-16-14(10)15(18-9-19-16)20(3)13-7-5-4-6-12(13)8-17/h9,12-13H,4-8,17H2,1-3H3. The molecule has 0 aromatic carbocycles. The Balaban J connectivity index is 2.03. The Morgan fingerprint density at radius 3 is 2.81 bits per heavy atom. The molecule has 1 aliphatic rings. The maximum Gasteiger partial charge on any atom is 0.141 e. The zero-order chi connectivity index (χ0) is 15.0. The molecule has 21 heavy (non-hydrogen) atoms. The SMILES string of the molecule is Cc1sc2ncnc(N(C)C3CCCCC3CN)c2c1C. The Hall–Kier alpha value is -1.20. The van der Waals surface area contributed by atoms with Crippen molar-refractivity contribution in [3.05, 3.63) is 16.8 Å². The molecule has 0 radical (unpaired) electrons. The van der Waals surface area contributed by atoms with Gasteiger partial charge >= 0.3 is 0 Å². The summed E-state index contributed by atoms with van der Waals surface area (Å²) in [5, 5.41) is 1.23. The van der Waals surface area contributed by atoms with Crippen LogP contribution < -0.4 is 10.6 Å². The van der Waals surface area contributed by atoms with E-state index in [1.54, 1.807) is 17.7 Å². The van der Waals surface area contributed by atoms with E-state index in [4.69, 9.17) is 5.73 Å². The lowest BCUT2D eigenvalue weighted by atomic mass is 9.83. The van der Waals surface area contributed by atoms with Gasteiger partial charge in [0.05, 0.1) is 5.39 Å². The second-order valence-corrected chi connectivity index (χ2v) is 7.32. The van der Waals surface area contributed by atoms with Crippen LogP contribution in [0.5, 0.6) is 0 Å². The molecule has 0 bridgehead atoms. The van der Waals surface area contributed by atoms with Gasteiger partial charge in [-0.2, -0.15) is 0 Å². The van der Waals surface area contributed by atoms with E-state index in [2.05, 4.69) is 35.8 Å². The minimum absolute atomic E-state index is 0.501. The Labute approximate surface area is 130 Å². The lowest BCUT2D eigenvalue weighted by molar-refractivity contribution is 0.306. The van der Waals surface area contributed by atoms with Crippen LogP contribution in [0.15, 0.2) is 6.33 Å². The van der Waals surface area contributed by atoms with Gasteiger partial charge in [-0.25, -0.2) is 9.97 Å². The van der Waals surface area contributed by atoms with Crippen molar-refractivity contribution >= 4 is 27.4 Å². The van der Waals surface area contributed by atoms with Crippen molar-refractivity contribution < 1.29 is 0 Å². The lowest BCUT2D eigenvalue weighted by Gasteiger charge is -2.38. The molecule has 0 aliphatic heterocycles. The first-order chi connectivity index (χ1) is 10.1. The molecule has 1 aliphatic carbocycles. The van der Waals surface area contributed by atoms with Crippen LogP contribution in [0.1, 0.15) is 36.1 Å². The van der Waals surface area contributed by atoms with Gasteiger partial charge in [-0.3, -0.25) is 0 Å². The number of nitrogens with zero attached hydrogens (tertiary/aromatic N) is 3. The third kappa shape index (κ3) is 2.53. The van der Waals surface area contributed by atoms with Crippen LogP contribution >= 0.6 is 11.3 Å². The summed E-state index contributed by atoms with van der Waals surface area (Å²) >= 11 is 1.76. The summed E-state index contributed by atoms with van der Waals surface area (Å²) in [6.45, 7) is 5.11. The van der Waals surface area contributed by atoms with Crippen molar-refractivity contribution in [3.63, 3.8) is 0 Å². The number of hydrogen-bond donors (Lipinski definition) is 1. The predicted molar refractivity (Wildman–Crippen MR) is 90.1 cm³/mol. The Kier molecular flexibility index (Phi) is 4.13. The predicted octanol–water partition coefficient (Wildman–Crippen LogP) is 3.26. The lowest BCUT2D eigenvalue weighted by Crippen LogP contribution is -2.43. The minimum atomic E-state index is 0.501. The first kappa shape index (κ1) is 14.7. The summed E-state index contributed by atoms with van der Waals surface area (Å²) < 4.78 is 0. The summed E-state index contributed by atoms with van der Waals surface area (Å²) in [6.07, 6.45) is 6.75. The third-order valence-electron chi connectivity index (χ3n) is 4.95. The van der Waals surface area contributed by atoms with Gasteiger partial charge in [-0.1, -0.05) is 12.8 Å². The van der Waals surface area contributed by atoms with E-state index in [1.807, 2.05) is 0 Å². The van der Waals surface area contributed by atoms with Gasteiger partial charge in [0.1, 0.15) is 17.0 Å². The van der Waals surface area contributed by atoms with Crippen LogP contribution in [0, 0.1) is 19.8 Å². The van der Waals surface area contributed by atoms with Crippen molar-refractivity contribution in [2.75, 3.05) is 18.5 Å². The molecule has 4 nitrogen and oxygen atoms in total. The molecule has 2 unspecified atom stereocenters. The monoisotopic (exact) mass is 304 g/mol. The van der Waals surface area contributed by atoms with Crippen LogP contribution in [0.25, 0.3) is 10.2 Å². The quantitative estimate of drug-likeness (QED) is 0.945. The molecule has 2 aromatic heterocycles. The van der Waals surface area contributed by atoms with Crippen LogP contribution in [-0.4, -0.2) is 29.6 Å². The summed E-state index contributed by atoms with van der Waals surface area (Å²) in [6, 6.07) is 0.501. The van der Waals surface area contributed by atoms with Crippen LogP contribution in [0.3, 0.4) is 0 Å². The summed E-state index contributed by atoms with van der Waals surface area (Å²) in [7, 11) is 2.17. The van der Waals surface area contributed by atoms with E-state index in [-0.39, 0.29) is 0 Å². The molecule has 0 spiro atoms. The number of fused-ring (bicyclic) bond motifs is 1. The number of aryl methyl sites for hydroxylation is 2. The van der Waals surface area contributed by atoms with E-state index >= 15 is 0 Å². The van der Waals surface area contributed by atoms with E-state index in [0.29, 0.717) is 12.0 Å². The first-order valence-electron chi connectivity index (χ1n) is 7.77. The Morgan fingerprint density at radius 2 is 2.05 bits per heavy atom. The van der Waals surface area contributed by atoms with Crippen LogP contribution in [0.2, 0.25) is 0 Å². The summed E-state index contributed by atoms with van der Waals surface area (Å²) in [5.74, 6) is 1.65. The zero-order valence-corrected chi connectivity index (χ0v) is 13.9. The molecule has 2 atom stereocenters. The Bertz CT molecular complexity index is 636. The normalized spacial score (nSPS) is 22.7. The molecule has 1 saturated carbocycles. The topological polar surface area (TPSA) is 55.0 Å². The number of hydrogen-bond acceptors (Lipinski definition) is 5.